The van der Waals surface area contributed by atoms with Gasteiger partial charge < -0.3 is 39.3 Å². The molecule has 0 saturated carbocycles. The zero-order chi connectivity index (χ0) is 114. The van der Waals surface area contributed by atoms with Crippen LogP contribution in [0.1, 0.15) is 228 Å². The van der Waals surface area contributed by atoms with Crippen LogP contribution in [0.15, 0.2) is 132 Å². The first-order valence-electron chi connectivity index (χ1n) is 48.3. The highest BCUT2D eigenvalue weighted by atomic mass is 32.2. The van der Waals surface area contributed by atoms with E-state index in [2.05, 4.69) is 20.6 Å². The lowest BCUT2D eigenvalue weighted by Gasteiger charge is -2.14. The fourth-order valence-corrected chi connectivity index (χ4v) is 19.2. The van der Waals surface area contributed by atoms with Crippen LogP contribution < -0.4 is 40.1 Å². The Hall–Kier alpha value is -11.9. The molecule has 0 unspecified atom stereocenters. The van der Waals surface area contributed by atoms with E-state index >= 15 is 0 Å². The van der Waals surface area contributed by atoms with Gasteiger partial charge in [-0.1, -0.05) is 44.8 Å². The second-order valence-corrected chi connectivity index (χ2v) is 35.2. The van der Waals surface area contributed by atoms with Crippen molar-refractivity contribution in [2.75, 3.05) is 40.1 Å². The number of nitrogens with zero attached hydrogens (tertiary/aromatic N) is 4. The summed E-state index contributed by atoms with van der Waals surface area (Å²) < 4.78 is 363. The summed E-state index contributed by atoms with van der Waals surface area (Å²) in [5.41, 5.74) is -6.02. The summed E-state index contributed by atoms with van der Waals surface area (Å²) in [6.45, 7) is 0.836. The maximum Gasteiger partial charge on any atom is 0.267 e. The molecule has 0 bridgehead atoms. The SMILES string of the molecule is [2H]c1c(C([2H])([2H])[2H])cc(C(C)=O)c(N([2H])C(=O)c2sccc2S(=O)(=O)N([2H])c2onc(C)c2C([2H])([2H])[2H])c1C([2H])([2H])[2H].[2H]c1c(C([2H])([2H])[2H])cc(C(C)=O)c(N([2H])C(=O)c2sccc2S(=O)(=O)N([2H])c2onc(C)c2C)c1C([2H])([2H])[2H].[2H]c1c(C)cc(C(C)=O)c(N([2H])C(=O)c2sccc2S(=O)(=O)N([2H])c2onc(C)c2C([2H])([2H])[2H])c1C.[2H]c1c(C)cc(C(C)=O)c(N([2H])C(=O)c2sccc2S(=O)(=O)N([2H])c2onc(C)c2C)c1C. The summed E-state index contributed by atoms with van der Waals surface area (Å²) in [5, 5.41) is 19.6. The number of benzene rings is 4. The molecule has 12 aromatic rings. The van der Waals surface area contributed by atoms with Gasteiger partial charge in [-0.05, 0) is 253 Å². The van der Waals surface area contributed by atoms with E-state index in [-0.39, 0.29) is 103 Å². The average Bonchev–Trinajstić information content (AvgIpc) is 1.08. The molecule has 0 aliphatic rings. The van der Waals surface area contributed by atoms with E-state index in [0.29, 0.717) is 78.8 Å². The van der Waals surface area contributed by atoms with Crippen LogP contribution in [0.3, 0.4) is 0 Å². The minimum atomic E-state index is -5.10. The molecule has 0 spiro atoms. The third kappa shape index (κ3) is 21.0. The molecule has 0 aliphatic carbocycles. The molecular formula is C80H84N12O20S8. The highest BCUT2D eigenvalue weighted by Crippen LogP contribution is 2.36. The molecular weight excluding hydrogens is 1710 g/mol. The highest BCUT2D eigenvalue weighted by molar-refractivity contribution is 7.94. The van der Waals surface area contributed by atoms with Gasteiger partial charge in [0.15, 0.2) is 34.4 Å². The van der Waals surface area contributed by atoms with Gasteiger partial charge >= 0.3 is 0 Å². The van der Waals surface area contributed by atoms with Crippen LogP contribution in [0.5, 0.6) is 0 Å². The van der Waals surface area contributed by atoms with Crippen LogP contribution >= 0.6 is 45.3 Å². The van der Waals surface area contributed by atoms with Gasteiger partial charge in [0, 0.05) is 69.2 Å². The predicted octanol–water partition coefficient (Wildman–Crippen LogP) is 16.9. The van der Waals surface area contributed by atoms with Gasteiger partial charge in [-0.25, -0.2) is 52.5 Å². The summed E-state index contributed by atoms with van der Waals surface area (Å²) in [5.74, 6) is -10.4. The standard InChI is InChI=1S/4C20H21N3O5S2/c4*1-10-8-11(2)17(15(9-10)14(5)24)21-19(25)18-16(6-7-29-18)30(26,27)23-20-12(3)13(4)22-28-20/h4*6-9,23H,1-5H3,(H,21,25)/i1D3,2D3,3D3,8D;1D3,2D3,8D;3D3,8D;8D/hD8. The van der Waals surface area contributed by atoms with Crippen LogP contribution in [-0.2, 0) is 40.1 Å². The normalized spacial score (nSPS) is 15.6. The van der Waals surface area contributed by atoms with Gasteiger partial charge in [-0.15, -0.1) is 45.3 Å². The molecule has 632 valence electrons. The molecule has 120 heavy (non-hydrogen) atoms. The Morgan fingerprint density at radius 2 is 0.558 bits per heavy atom. The number of hydrogen-bond acceptors (Lipinski definition) is 28. The highest BCUT2D eigenvalue weighted by Gasteiger charge is 2.33. The Morgan fingerprint density at radius 1 is 0.333 bits per heavy atom. The monoisotopic (exact) mass is 1820 g/mol. The topological polar surface area (TPSA) is 473 Å². The molecule has 32 nitrogen and oxygen atoms in total. The number of Topliss-reactive ketones (excluding diaryl/α,β-unsaturated/α-hetero) is 4. The van der Waals surface area contributed by atoms with Crippen molar-refractivity contribution < 1.29 is 132 Å². The Balaban J connectivity index is 0.000000223. The van der Waals surface area contributed by atoms with Crippen molar-refractivity contribution in [3.05, 3.63) is 226 Å². The molecule has 4 aromatic carbocycles. The lowest BCUT2D eigenvalue weighted by molar-refractivity contribution is 0.100. The summed E-state index contributed by atoms with van der Waals surface area (Å²) in [6.07, 6.45) is 0. The number of sulfonamides is 4. The Morgan fingerprint density at radius 3 is 0.775 bits per heavy atom. The predicted molar refractivity (Wildman–Crippen MR) is 460 cm³/mol. The van der Waals surface area contributed by atoms with Gasteiger partial charge in [-0.3, -0.25) is 38.4 Å². The van der Waals surface area contributed by atoms with Gasteiger partial charge in [0.2, 0.25) is 23.5 Å². The number of thiophene rings is 4. The molecule has 0 atom stereocenters. The number of nitrogens with one attached hydrogen (secondary N) is 8. The molecule has 0 aliphatic heterocycles. The first-order valence-corrected chi connectivity index (χ1v) is 43.0. The number of carbonyl (C=O) groups is 8. The van der Waals surface area contributed by atoms with Gasteiger partial charge in [0.1, 0.15) is 39.1 Å². The smallest absolute Gasteiger partial charge is 0.267 e. The zero-order valence-electron chi connectivity index (χ0n) is 94.7. The van der Waals surface area contributed by atoms with E-state index < -0.39 is 248 Å². The van der Waals surface area contributed by atoms with Gasteiger partial charge in [0.25, 0.3) is 63.7 Å². The fraction of sp³-hybridized carbons (Fsp3) is 0.250. The molecule has 8 N–H and O–H groups in total. The largest absolute Gasteiger partial charge is 0.337 e. The summed E-state index contributed by atoms with van der Waals surface area (Å²) in [7, 11) is -19.3. The number of amides is 4. The maximum absolute atomic E-state index is 13.5. The molecule has 12 rings (SSSR count). The van der Waals surface area contributed by atoms with Crippen LogP contribution in [0.4, 0.5) is 46.3 Å². The third-order valence-electron chi connectivity index (χ3n) is 16.3. The van der Waals surface area contributed by atoms with Crippen molar-refractivity contribution in [1.82, 2.24) is 20.6 Å². The lowest BCUT2D eigenvalue weighted by atomic mass is 10.0. The number of aryl methyl sites for hydroxylation is 8. The van der Waals surface area contributed by atoms with E-state index in [9.17, 15) is 72.0 Å². The lowest BCUT2D eigenvalue weighted by Crippen LogP contribution is -2.20. The average molecular weight is 1820 g/mol. The van der Waals surface area contributed by atoms with Crippen LogP contribution in [0, 0.1) is 110 Å². The second-order valence-electron chi connectivity index (χ2n) is 25.2. The quantitative estimate of drug-likeness (QED) is 0.0260. The van der Waals surface area contributed by atoms with Crippen LogP contribution in [0.25, 0.3) is 0 Å². The first-order chi connectivity index (χ1) is 68.5. The number of ketones is 4. The number of rotatable bonds is 24. The molecule has 0 radical (unpaired) electrons. The van der Waals surface area contributed by atoms with E-state index in [1.165, 1.54) is 83.7 Å². The van der Waals surface area contributed by atoms with E-state index in [0.717, 1.165) is 60.9 Å². The molecule has 40 heteroatoms. The van der Waals surface area contributed by atoms with Crippen molar-refractivity contribution in [2.24, 2.45) is 0 Å². The van der Waals surface area contributed by atoms with Gasteiger partial charge in [-0.2, -0.15) is 0 Å². The Bertz CT molecular complexity index is 7940. The van der Waals surface area contributed by atoms with E-state index in [1.807, 2.05) is 0 Å². The second kappa shape index (κ2) is 37.2. The Kier molecular flexibility index (Phi) is 18.0. The van der Waals surface area contributed by atoms with Crippen molar-refractivity contribution in [1.29, 1.82) is 0 Å². The van der Waals surface area contributed by atoms with Crippen LogP contribution in [0.2, 0.25) is 11.3 Å². The van der Waals surface area contributed by atoms with E-state index in [1.54, 1.807) is 27.7 Å². The minimum Gasteiger partial charge on any atom is -0.337 e. The van der Waals surface area contributed by atoms with Crippen molar-refractivity contribution in [2.45, 2.75) is 158 Å². The number of hydrogen-bond donors (Lipinski definition) is 8. The zero-order valence-corrected chi connectivity index (χ0v) is 71.3. The molecule has 4 amide bonds. The van der Waals surface area contributed by atoms with Crippen LogP contribution in [-0.4, -0.2) is 101 Å². The third-order valence-corrected chi connectivity index (χ3v) is 25.7. The van der Waals surface area contributed by atoms with Crippen molar-refractivity contribution in [3.8, 4) is 0 Å². The fourth-order valence-electron chi connectivity index (χ4n) is 10.2. The summed E-state index contributed by atoms with van der Waals surface area (Å²) in [6, 6.07) is 6.23. The van der Waals surface area contributed by atoms with Gasteiger partial charge in [0.05, 0.1) is 51.0 Å². The molecule has 0 fully saturated rings. The minimum absolute atomic E-state index is 0.00638. The number of anilines is 8. The molecule has 8 aromatic heterocycles. The number of carbonyl (C=O) groups excluding carboxylic acids is 8. The molecule has 8 heterocycles. The first kappa shape index (κ1) is 58.1. The maximum atomic E-state index is 13.5. The summed E-state index contributed by atoms with van der Waals surface area (Å²) >= 11 is 2.47. The Labute approximate surface area is 750 Å². The molecule has 0 saturated heterocycles. The van der Waals surface area contributed by atoms with Crippen molar-refractivity contribution in [3.63, 3.8) is 0 Å². The summed E-state index contributed by atoms with van der Waals surface area (Å²) in [4.78, 5) is 97.9. The van der Waals surface area contributed by atoms with E-state index in [4.69, 9.17) is 59.5 Å². The number of aromatic nitrogens is 4. The van der Waals surface area contributed by atoms with Crippen molar-refractivity contribution >= 4 is 178 Å².